The van der Waals surface area contributed by atoms with E-state index in [4.69, 9.17) is 19.0 Å². The highest BCUT2D eigenvalue weighted by Crippen LogP contribution is 2.31. The van der Waals surface area contributed by atoms with Gasteiger partial charge >= 0.3 is 0 Å². The molecule has 3 N–H and O–H groups in total. The molecule has 0 saturated heterocycles. The number of rotatable bonds is 8. The van der Waals surface area contributed by atoms with Gasteiger partial charge in [-0.05, 0) is 55.3 Å². The summed E-state index contributed by atoms with van der Waals surface area (Å²) in [4.78, 5) is 26.0. The largest absolute Gasteiger partial charge is 0.508 e. The number of nitrogens with one attached hydrogen (secondary N) is 1. The second-order valence-corrected chi connectivity index (χ2v) is 7.74. The predicted octanol–water partition coefficient (Wildman–Crippen LogP) is 3.64. The van der Waals surface area contributed by atoms with E-state index in [0.29, 0.717) is 48.1 Å². The van der Waals surface area contributed by atoms with Crippen LogP contribution in [-0.4, -0.2) is 35.6 Å². The maximum Gasteiger partial charge on any atom is 0.290 e. The zero-order chi connectivity index (χ0) is 23.2. The molecule has 8 nitrogen and oxygen atoms in total. The predicted molar refractivity (Wildman–Crippen MR) is 122 cm³/mol. The molecular formula is C25H25NO7. The number of hydrogen-bond acceptors (Lipinski definition) is 7. The van der Waals surface area contributed by atoms with Crippen LogP contribution >= 0.6 is 0 Å². The number of aliphatic hydroxyl groups is 1. The number of amides is 1. The Bertz CT molecular complexity index is 1200. The lowest BCUT2D eigenvalue weighted by Crippen LogP contribution is -2.31. The van der Waals surface area contributed by atoms with Gasteiger partial charge in [-0.1, -0.05) is 12.1 Å². The van der Waals surface area contributed by atoms with Crippen LogP contribution in [0.25, 0.3) is 11.0 Å². The normalized spacial score (nSPS) is 17.9. The third-order valence-electron chi connectivity index (χ3n) is 5.37. The number of allylic oxidation sites excluding steroid dienone is 1. The van der Waals surface area contributed by atoms with Crippen LogP contribution in [0.1, 0.15) is 30.7 Å². The van der Waals surface area contributed by atoms with Crippen LogP contribution in [0.3, 0.4) is 0 Å². The standard InChI is InChI=1S/C25H25NO7/c27-11-3-4-12-31-23-14-16(20-15-32-21-6-2-1-5-19(21)24(20)29)13-22(33-23)25(30)26-17-7-9-18(28)10-8-17/h1-2,5-10,13,15-16,23,27-28H,3-4,11-12,14H2,(H,26,30)/t16-,23+/m0/s1. The fraction of sp³-hybridized carbons (Fsp3) is 0.280. The number of aliphatic hydroxyl groups excluding tert-OH is 1. The number of hydrogen-bond donors (Lipinski definition) is 3. The lowest BCUT2D eigenvalue weighted by Gasteiger charge is -2.29. The lowest BCUT2D eigenvalue weighted by molar-refractivity contribution is -0.143. The van der Waals surface area contributed by atoms with Gasteiger partial charge in [-0.2, -0.15) is 0 Å². The average Bonchev–Trinajstić information content (AvgIpc) is 2.83. The highest BCUT2D eigenvalue weighted by Gasteiger charge is 2.30. The Hall–Kier alpha value is -3.62. The minimum atomic E-state index is -0.745. The molecule has 1 aliphatic heterocycles. The SMILES string of the molecule is O=C(Nc1ccc(O)cc1)C1=C[C@H](c2coc3ccccc3c2=O)C[C@H](OCCCCO)O1. The number of carbonyl (C=O) groups is 1. The van der Waals surface area contributed by atoms with Crippen LogP contribution in [0.5, 0.6) is 5.75 Å². The Morgan fingerprint density at radius 2 is 1.91 bits per heavy atom. The van der Waals surface area contributed by atoms with Crippen molar-refractivity contribution in [1.82, 2.24) is 0 Å². The summed E-state index contributed by atoms with van der Waals surface area (Å²) >= 11 is 0. The van der Waals surface area contributed by atoms with E-state index in [9.17, 15) is 14.7 Å². The van der Waals surface area contributed by atoms with E-state index in [1.165, 1.54) is 18.4 Å². The summed E-state index contributed by atoms with van der Waals surface area (Å²) in [5.74, 6) is -0.845. The van der Waals surface area contributed by atoms with Crippen LogP contribution in [-0.2, 0) is 14.3 Å². The van der Waals surface area contributed by atoms with Crippen molar-refractivity contribution >= 4 is 22.6 Å². The fourth-order valence-electron chi connectivity index (χ4n) is 3.65. The molecule has 33 heavy (non-hydrogen) atoms. The summed E-state index contributed by atoms with van der Waals surface area (Å²) in [7, 11) is 0. The highest BCUT2D eigenvalue weighted by molar-refractivity contribution is 6.02. The first-order valence-electron chi connectivity index (χ1n) is 10.8. The van der Waals surface area contributed by atoms with Crippen LogP contribution in [0.4, 0.5) is 5.69 Å². The van der Waals surface area contributed by atoms with E-state index in [2.05, 4.69) is 5.32 Å². The van der Waals surface area contributed by atoms with Crippen LogP contribution in [0.15, 0.2) is 75.8 Å². The van der Waals surface area contributed by atoms with Crippen molar-refractivity contribution in [3.63, 3.8) is 0 Å². The van der Waals surface area contributed by atoms with E-state index in [1.54, 1.807) is 42.5 Å². The number of phenolic OH excluding ortho intramolecular Hbond substituents is 1. The molecule has 1 aliphatic rings. The zero-order valence-electron chi connectivity index (χ0n) is 17.9. The Kier molecular flexibility index (Phi) is 7.07. The number of para-hydroxylation sites is 1. The van der Waals surface area contributed by atoms with Gasteiger partial charge in [-0.25, -0.2) is 0 Å². The summed E-state index contributed by atoms with van der Waals surface area (Å²) in [6.45, 7) is 0.410. The molecule has 1 aromatic heterocycles. The summed E-state index contributed by atoms with van der Waals surface area (Å²) in [6, 6.07) is 13.0. The van der Waals surface area contributed by atoms with Crippen molar-refractivity contribution in [2.24, 2.45) is 0 Å². The van der Waals surface area contributed by atoms with E-state index in [0.717, 1.165) is 0 Å². The fourth-order valence-corrected chi connectivity index (χ4v) is 3.65. The third kappa shape index (κ3) is 5.42. The Balaban J connectivity index is 1.61. The maximum absolute atomic E-state index is 13.1. The van der Waals surface area contributed by atoms with Gasteiger partial charge in [0.2, 0.25) is 6.29 Å². The van der Waals surface area contributed by atoms with Gasteiger partial charge in [0.1, 0.15) is 11.3 Å². The first-order valence-corrected chi connectivity index (χ1v) is 10.8. The molecule has 4 rings (SSSR count). The molecular weight excluding hydrogens is 426 g/mol. The Morgan fingerprint density at radius 3 is 2.70 bits per heavy atom. The molecule has 0 aliphatic carbocycles. The number of phenols is 1. The molecule has 2 heterocycles. The Labute approximate surface area is 190 Å². The molecule has 0 bridgehead atoms. The number of benzene rings is 2. The molecule has 8 heteroatoms. The van der Waals surface area contributed by atoms with Crippen molar-refractivity contribution in [2.45, 2.75) is 31.5 Å². The molecule has 2 atom stereocenters. The first-order chi connectivity index (χ1) is 16.0. The molecule has 0 fully saturated rings. The van der Waals surface area contributed by atoms with Crippen LogP contribution in [0, 0.1) is 0 Å². The first kappa shape index (κ1) is 22.6. The summed E-state index contributed by atoms with van der Waals surface area (Å²) in [5, 5.41) is 21.6. The molecule has 172 valence electrons. The number of carbonyl (C=O) groups excluding carboxylic acids is 1. The number of anilines is 1. The lowest BCUT2D eigenvalue weighted by atomic mass is 9.93. The van der Waals surface area contributed by atoms with E-state index in [1.807, 2.05) is 0 Å². The van der Waals surface area contributed by atoms with Gasteiger partial charge in [0.25, 0.3) is 5.91 Å². The molecule has 0 unspecified atom stereocenters. The third-order valence-corrected chi connectivity index (χ3v) is 5.37. The van der Waals surface area contributed by atoms with Gasteiger partial charge in [0.05, 0.1) is 18.3 Å². The van der Waals surface area contributed by atoms with Gasteiger partial charge in [-0.3, -0.25) is 9.59 Å². The molecule has 0 spiro atoms. The van der Waals surface area contributed by atoms with Crippen molar-refractivity contribution in [3.8, 4) is 5.75 Å². The minimum Gasteiger partial charge on any atom is -0.508 e. The molecule has 0 saturated carbocycles. The molecule has 2 aromatic carbocycles. The van der Waals surface area contributed by atoms with Crippen molar-refractivity contribution < 1.29 is 28.9 Å². The smallest absolute Gasteiger partial charge is 0.290 e. The topological polar surface area (TPSA) is 118 Å². The quantitative estimate of drug-likeness (QED) is 0.353. The summed E-state index contributed by atoms with van der Waals surface area (Å²) in [5.41, 5.74) is 1.22. The van der Waals surface area contributed by atoms with Gasteiger partial charge in [0, 0.05) is 30.2 Å². The number of aromatic hydroxyl groups is 1. The Morgan fingerprint density at radius 1 is 1.12 bits per heavy atom. The average molecular weight is 451 g/mol. The summed E-state index contributed by atoms with van der Waals surface area (Å²) in [6.07, 6.45) is 3.84. The maximum atomic E-state index is 13.1. The minimum absolute atomic E-state index is 0.0269. The van der Waals surface area contributed by atoms with E-state index in [-0.39, 0.29) is 23.5 Å². The van der Waals surface area contributed by atoms with Crippen LogP contribution in [0.2, 0.25) is 0 Å². The monoisotopic (exact) mass is 451 g/mol. The van der Waals surface area contributed by atoms with Crippen molar-refractivity contribution in [3.05, 3.63) is 82.4 Å². The molecule has 1 amide bonds. The van der Waals surface area contributed by atoms with Crippen molar-refractivity contribution in [1.29, 1.82) is 0 Å². The highest BCUT2D eigenvalue weighted by atomic mass is 16.7. The van der Waals surface area contributed by atoms with E-state index >= 15 is 0 Å². The summed E-state index contributed by atoms with van der Waals surface area (Å²) < 4.78 is 17.2. The van der Waals surface area contributed by atoms with Crippen LogP contribution < -0.4 is 10.7 Å². The zero-order valence-corrected chi connectivity index (χ0v) is 17.9. The molecule has 3 aromatic rings. The van der Waals surface area contributed by atoms with E-state index < -0.39 is 18.1 Å². The molecule has 0 radical (unpaired) electrons. The number of unbranched alkanes of at least 4 members (excludes halogenated alkanes) is 1. The van der Waals surface area contributed by atoms with Gasteiger partial charge in [-0.15, -0.1) is 0 Å². The second-order valence-electron chi connectivity index (χ2n) is 7.74. The van der Waals surface area contributed by atoms with Crippen molar-refractivity contribution in [2.75, 3.05) is 18.5 Å². The number of fused-ring (bicyclic) bond motifs is 1. The number of ether oxygens (including phenoxy) is 2. The second kappa shape index (κ2) is 10.3. The van der Waals surface area contributed by atoms with Gasteiger partial charge in [0.15, 0.2) is 11.2 Å². The van der Waals surface area contributed by atoms with Gasteiger partial charge < -0.3 is 29.4 Å².